The Bertz CT molecular complexity index is 1400. The van der Waals surface area contributed by atoms with E-state index in [0.717, 1.165) is 29.6 Å². The summed E-state index contributed by atoms with van der Waals surface area (Å²) in [5.74, 6) is -0.560. The molecule has 164 valence electrons. The SMILES string of the molecule is Cc1c(NC2CCC(C(=O)O)CC2)ccc2c(=O)n(-c3cccc(Cl)c3)c3nncn3c12. The molecule has 0 aliphatic heterocycles. The van der Waals surface area contributed by atoms with E-state index in [-0.39, 0.29) is 17.5 Å². The molecule has 2 heterocycles. The zero-order chi connectivity index (χ0) is 22.4. The highest BCUT2D eigenvalue weighted by molar-refractivity contribution is 6.30. The minimum atomic E-state index is -0.712. The van der Waals surface area contributed by atoms with E-state index in [1.54, 1.807) is 24.5 Å². The molecule has 0 atom stereocenters. The molecular formula is C23H22ClN5O3. The van der Waals surface area contributed by atoms with Gasteiger partial charge in [0.1, 0.15) is 6.33 Å². The number of aromatic nitrogens is 4. The molecule has 32 heavy (non-hydrogen) atoms. The number of hydrogen-bond donors (Lipinski definition) is 2. The fourth-order valence-electron chi connectivity index (χ4n) is 4.64. The molecule has 0 unspecified atom stereocenters. The Hall–Kier alpha value is -3.39. The van der Waals surface area contributed by atoms with Crippen LogP contribution < -0.4 is 10.9 Å². The van der Waals surface area contributed by atoms with E-state index in [1.807, 2.05) is 29.5 Å². The second-order valence-electron chi connectivity index (χ2n) is 8.29. The van der Waals surface area contributed by atoms with Crippen LogP contribution in [0.1, 0.15) is 31.2 Å². The number of nitrogens with zero attached hydrogens (tertiary/aromatic N) is 4. The Morgan fingerprint density at radius 1 is 1.19 bits per heavy atom. The van der Waals surface area contributed by atoms with Crippen LogP contribution >= 0.6 is 11.6 Å². The molecule has 1 saturated carbocycles. The van der Waals surface area contributed by atoms with Crippen molar-refractivity contribution in [2.75, 3.05) is 5.32 Å². The first-order chi connectivity index (χ1) is 15.4. The summed E-state index contributed by atoms with van der Waals surface area (Å²) in [4.78, 5) is 24.7. The number of benzene rings is 2. The van der Waals surface area contributed by atoms with Crippen LogP contribution in [0.25, 0.3) is 22.4 Å². The van der Waals surface area contributed by atoms with Gasteiger partial charge in [-0.15, -0.1) is 10.2 Å². The maximum absolute atomic E-state index is 13.5. The van der Waals surface area contributed by atoms with Crippen molar-refractivity contribution in [3.63, 3.8) is 0 Å². The van der Waals surface area contributed by atoms with Crippen LogP contribution in [0.15, 0.2) is 47.5 Å². The number of carboxylic acid groups (broad SMARTS) is 1. The van der Waals surface area contributed by atoms with Crippen molar-refractivity contribution >= 4 is 39.9 Å². The highest BCUT2D eigenvalue weighted by Gasteiger charge is 2.26. The Balaban J connectivity index is 1.59. The van der Waals surface area contributed by atoms with Crippen LogP contribution in [0.2, 0.25) is 5.02 Å². The van der Waals surface area contributed by atoms with E-state index in [0.29, 0.717) is 34.7 Å². The van der Waals surface area contributed by atoms with Gasteiger partial charge < -0.3 is 10.4 Å². The van der Waals surface area contributed by atoms with Gasteiger partial charge in [-0.2, -0.15) is 0 Å². The summed E-state index contributed by atoms with van der Waals surface area (Å²) in [6.45, 7) is 1.97. The first kappa shape index (κ1) is 20.5. The first-order valence-corrected chi connectivity index (χ1v) is 10.9. The van der Waals surface area contributed by atoms with Crippen molar-refractivity contribution < 1.29 is 9.90 Å². The van der Waals surface area contributed by atoms with E-state index >= 15 is 0 Å². The van der Waals surface area contributed by atoms with Gasteiger partial charge in [0.2, 0.25) is 5.78 Å². The topological polar surface area (TPSA) is 102 Å². The number of aryl methyl sites for hydroxylation is 1. The van der Waals surface area contributed by atoms with Crippen molar-refractivity contribution in [1.29, 1.82) is 0 Å². The summed E-state index contributed by atoms with van der Waals surface area (Å²) >= 11 is 6.16. The smallest absolute Gasteiger partial charge is 0.306 e. The van der Waals surface area contributed by atoms with Gasteiger partial charge >= 0.3 is 5.97 Å². The third-order valence-corrected chi connectivity index (χ3v) is 6.57. The first-order valence-electron chi connectivity index (χ1n) is 10.6. The van der Waals surface area contributed by atoms with E-state index in [4.69, 9.17) is 11.6 Å². The Labute approximate surface area is 188 Å². The average molecular weight is 452 g/mol. The van der Waals surface area contributed by atoms with Crippen LogP contribution in [0.3, 0.4) is 0 Å². The molecule has 1 aliphatic rings. The quantitative estimate of drug-likeness (QED) is 0.485. The van der Waals surface area contributed by atoms with Crippen LogP contribution in [0, 0.1) is 12.8 Å². The predicted molar refractivity (Wildman–Crippen MR) is 123 cm³/mol. The second-order valence-corrected chi connectivity index (χ2v) is 8.72. The molecule has 0 radical (unpaired) electrons. The van der Waals surface area contributed by atoms with Gasteiger partial charge in [-0.05, 0) is 68.5 Å². The molecule has 0 saturated heterocycles. The molecule has 1 fully saturated rings. The minimum Gasteiger partial charge on any atom is -0.481 e. The van der Waals surface area contributed by atoms with Crippen molar-refractivity contribution in [2.45, 2.75) is 38.6 Å². The van der Waals surface area contributed by atoms with Crippen LogP contribution in [0.5, 0.6) is 0 Å². The molecule has 1 aliphatic carbocycles. The highest BCUT2D eigenvalue weighted by atomic mass is 35.5. The van der Waals surface area contributed by atoms with Crippen LogP contribution in [0.4, 0.5) is 5.69 Å². The van der Waals surface area contributed by atoms with Gasteiger partial charge in [0.25, 0.3) is 5.56 Å². The van der Waals surface area contributed by atoms with Crippen LogP contribution in [-0.4, -0.2) is 36.3 Å². The molecule has 5 rings (SSSR count). The largest absolute Gasteiger partial charge is 0.481 e. The standard InChI is InChI=1S/C23H22ClN5O3/c1-13-19(26-16-7-5-14(6-8-16)22(31)32)10-9-18-20(13)28-12-25-27-23(28)29(21(18)30)17-4-2-3-15(24)11-17/h2-4,9-12,14,16,26H,5-8H2,1H3,(H,31,32). The lowest BCUT2D eigenvalue weighted by Crippen LogP contribution is -2.29. The lowest BCUT2D eigenvalue weighted by Gasteiger charge is -2.28. The van der Waals surface area contributed by atoms with Crippen molar-refractivity contribution in [3.05, 3.63) is 63.7 Å². The molecule has 0 amide bonds. The Morgan fingerprint density at radius 3 is 2.69 bits per heavy atom. The van der Waals surface area contributed by atoms with Gasteiger partial charge in [-0.3, -0.25) is 14.0 Å². The summed E-state index contributed by atoms with van der Waals surface area (Å²) in [7, 11) is 0. The molecule has 0 bridgehead atoms. The summed E-state index contributed by atoms with van der Waals surface area (Å²) < 4.78 is 3.33. The number of fused-ring (bicyclic) bond motifs is 3. The van der Waals surface area contributed by atoms with E-state index in [2.05, 4.69) is 15.5 Å². The van der Waals surface area contributed by atoms with Gasteiger partial charge in [0, 0.05) is 16.8 Å². The lowest BCUT2D eigenvalue weighted by molar-refractivity contribution is -0.142. The zero-order valence-corrected chi connectivity index (χ0v) is 18.2. The number of rotatable bonds is 4. The minimum absolute atomic E-state index is 0.195. The van der Waals surface area contributed by atoms with E-state index < -0.39 is 5.97 Å². The maximum atomic E-state index is 13.5. The molecule has 4 aromatic rings. The summed E-state index contributed by atoms with van der Waals surface area (Å²) in [5, 5.41) is 22.1. The van der Waals surface area contributed by atoms with Gasteiger partial charge in [-0.1, -0.05) is 17.7 Å². The molecule has 2 N–H and O–H groups in total. The summed E-state index contributed by atoms with van der Waals surface area (Å²) in [5.41, 5.74) is 3.02. The molecule has 8 nitrogen and oxygen atoms in total. The second kappa shape index (κ2) is 7.94. The molecular weight excluding hydrogens is 430 g/mol. The summed E-state index contributed by atoms with van der Waals surface area (Å²) in [6.07, 6.45) is 4.53. The number of nitrogens with one attached hydrogen (secondary N) is 1. The van der Waals surface area contributed by atoms with Crippen molar-refractivity contribution in [1.82, 2.24) is 19.2 Å². The normalized spacial score (nSPS) is 18.8. The Morgan fingerprint density at radius 2 is 1.97 bits per heavy atom. The molecule has 0 spiro atoms. The number of halogens is 1. The average Bonchev–Trinajstić information content (AvgIpc) is 3.25. The van der Waals surface area contributed by atoms with E-state index in [9.17, 15) is 14.7 Å². The highest BCUT2D eigenvalue weighted by Crippen LogP contribution is 2.30. The van der Waals surface area contributed by atoms with Crippen molar-refractivity contribution in [2.24, 2.45) is 5.92 Å². The van der Waals surface area contributed by atoms with E-state index in [1.165, 1.54) is 4.57 Å². The number of hydrogen-bond acceptors (Lipinski definition) is 5. The van der Waals surface area contributed by atoms with Gasteiger partial charge in [-0.25, -0.2) is 4.57 Å². The number of anilines is 1. The fourth-order valence-corrected chi connectivity index (χ4v) is 4.83. The van der Waals surface area contributed by atoms with Crippen LogP contribution in [-0.2, 0) is 4.79 Å². The van der Waals surface area contributed by atoms with Gasteiger partial charge in [0.15, 0.2) is 0 Å². The third-order valence-electron chi connectivity index (χ3n) is 6.34. The number of carboxylic acids is 1. The monoisotopic (exact) mass is 451 g/mol. The van der Waals surface area contributed by atoms with Gasteiger partial charge in [0.05, 0.1) is 22.5 Å². The lowest BCUT2D eigenvalue weighted by atomic mass is 9.86. The maximum Gasteiger partial charge on any atom is 0.306 e. The molecule has 2 aromatic heterocycles. The number of aliphatic carboxylic acids is 1. The fraction of sp³-hybridized carbons (Fsp3) is 0.304. The molecule has 9 heteroatoms. The third kappa shape index (κ3) is 3.40. The zero-order valence-electron chi connectivity index (χ0n) is 17.5. The predicted octanol–water partition coefficient (Wildman–Crippen LogP) is 4.05. The number of carbonyl (C=O) groups is 1. The van der Waals surface area contributed by atoms with Crippen molar-refractivity contribution in [3.8, 4) is 5.69 Å². The summed E-state index contributed by atoms with van der Waals surface area (Å²) in [6, 6.07) is 11.0. The molecule has 2 aromatic carbocycles. The Kier molecular flexibility index (Phi) is 5.09.